The number of nitrogens with zero attached hydrogens (tertiary/aromatic N) is 5. The minimum atomic E-state index is -3.51. The van der Waals surface area contributed by atoms with Gasteiger partial charge < -0.3 is 13.9 Å². The first-order chi connectivity index (χ1) is 15.7. The summed E-state index contributed by atoms with van der Waals surface area (Å²) in [5.74, 6) is 1.59. The number of rotatable bonds is 9. The molecule has 1 aliphatic heterocycles. The fourth-order valence-electron chi connectivity index (χ4n) is 4.18. The molecule has 0 saturated carbocycles. The van der Waals surface area contributed by atoms with Crippen LogP contribution < -0.4 is 0 Å². The van der Waals surface area contributed by atoms with Crippen molar-refractivity contribution in [3.8, 4) is 0 Å². The summed E-state index contributed by atoms with van der Waals surface area (Å²) < 4.78 is 36.7. The van der Waals surface area contributed by atoms with Crippen molar-refractivity contribution in [1.82, 2.24) is 23.4 Å². The molecule has 1 fully saturated rings. The van der Waals surface area contributed by atoms with Crippen molar-refractivity contribution in [2.24, 2.45) is 0 Å². The van der Waals surface area contributed by atoms with Crippen LogP contribution in [-0.4, -0.2) is 58.6 Å². The Bertz CT molecular complexity index is 1240. The highest BCUT2D eigenvalue weighted by Gasteiger charge is 2.22. The molecule has 1 aromatic carbocycles. The van der Waals surface area contributed by atoms with Gasteiger partial charge in [0, 0.05) is 32.9 Å². The van der Waals surface area contributed by atoms with Crippen LogP contribution >= 0.6 is 11.8 Å². The Morgan fingerprint density at radius 3 is 2.67 bits per heavy atom. The second-order valence-corrected chi connectivity index (χ2v) is 11.8. The predicted octanol–water partition coefficient (Wildman–Crippen LogP) is 3.98. The molecule has 3 aromatic rings. The van der Waals surface area contributed by atoms with E-state index in [1.54, 1.807) is 38.0 Å². The van der Waals surface area contributed by atoms with Gasteiger partial charge in [0.25, 0.3) is 0 Å². The minimum absolute atomic E-state index is 0.249. The summed E-state index contributed by atoms with van der Waals surface area (Å²) in [5, 5.41) is 0.978. The Morgan fingerprint density at radius 2 is 2.00 bits per heavy atom. The summed E-state index contributed by atoms with van der Waals surface area (Å²) >= 11 is 1.67. The number of benzene rings is 1. The molecule has 4 rings (SSSR count). The molecule has 0 aliphatic carbocycles. The molecule has 8 nitrogen and oxygen atoms in total. The maximum absolute atomic E-state index is 12.6. The van der Waals surface area contributed by atoms with Crippen LogP contribution in [0, 0.1) is 13.8 Å². The van der Waals surface area contributed by atoms with Gasteiger partial charge in [-0.25, -0.2) is 22.7 Å². The van der Waals surface area contributed by atoms with E-state index in [4.69, 9.17) is 14.7 Å². The number of imidazole rings is 2. The monoisotopic (exact) mass is 491 g/mol. The zero-order chi connectivity index (χ0) is 23.8. The smallest absolute Gasteiger partial charge is 0.242 e. The van der Waals surface area contributed by atoms with Crippen LogP contribution in [0.25, 0.3) is 11.0 Å². The summed E-state index contributed by atoms with van der Waals surface area (Å²) in [6.45, 7) is 8.78. The van der Waals surface area contributed by atoms with Crippen LogP contribution in [0.1, 0.15) is 43.4 Å². The van der Waals surface area contributed by atoms with Crippen molar-refractivity contribution in [3.05, 3.63) is 35.4 Å². The van der Waals surface area contributed by atoms with E-state index >= 15 is 0 Å². The highest BCUT2D eigenvalue weighted by Crippen LogP contribution is 2.29. The van der Waals surface area contributed by atoms with Crippen molar-refractivity contribution in [3.63, 3.8) is 0 Å². The molecule has 0 bridgehead atoms. The SMILES string of the molecule is CCCn1c(CSc2nc(C)c(C)n2C[C@H]2CCCO2)nc2cc(S(=O)(=O)N(C)C)ccc21. The quantitative estimate of drug-likeness (QED) is 0.421. The molecule has 0 amide bonds. The zero-order valence-electron chi connectivity index (χ0n) is 20.0. The Balaban J connectivity index is 1.63. The van der Waals surface area contributed by atoms with Crippen molar-refractivity contribution in [2.75, 3.05) is 20.7 Å². The molecule has 180 valence electrons. The van der Waals surface area contributed by atoms with Gasteiger partial charge in [0.15, 0.2) is 5.16 Å². The van der Waals surface area contributed by atoms with Gasteiger partial charge >= 0.3 is 0 Å². The van der Waals surface area contributed by atoms with E-state index < -0.39 is 10.0 Å². The van der Waals surface area contributed by atoms with Gasteiger partial charge in [-0.1, -0.05) is 18.7 Å². The van der Waals surface area contributed by atoms with E-state index in [9.17, 15) is 8.42 Å². The number of thioether (sulfide) groups is 1. The van der Waals surface area contributed by atoms with Gasteiger partial charge in [-0.15, -0.1) is 0 Å². The molecule has 10 heteroatoms. The van der Waals surface area contributed by atoms with E-state index in [2.05, 4.69) is 23.0 Å². The number of aromatic nitrogens is 4. The van der Waals surface area contributed by atoms with Gasteiger partial charge in [-0.05, 0) is 51.3 Å². The van der Waals surface area contributed by atoms with Crippen LogP contribution in [0.15, 0.2) is 28.3 Å². The third-order valence-electron chi connectivity index (χ3n) is 6.19. The summed E-state index contributed by atoms with van der Waals surface area (Å²) in [5.41, 5.74) is 3.88. The van der Waals surface area contributed by atoms with E-state index in [-0.39, 0.29) is 11.0 Å². The maximum atomic E-state index is 12.6. The normalized spacial score (nSPS) is 17.0. The molecule has 1 aliphatic rings. The average Bonchev–Trinajstić information content (AvgIpc) is 3.48. The Hall–Kier alpha value is -1.88. The van der Waals surface area contributed by atoms with Crippen LogP contribution in [0.4, 0.5) is 0 Å². The molecule has 0 radical (unpaired) electrons. The molecule has 0 spiro atoms. The molecule has 33 heavy (non-hydrogen) atoms. The fourth-order valence-corrected chi connectivity index (χ4v) is 6.15. The summed E-state index contributed by atoms with van der Waals surface area (Å²) in [7, 11) is -0.422. The lowest BCUT2D eigenvalue weighted by Gasteiger charge is -2.15. The van der Waals surface area contributed by atoms with Gasteiger partial charge in [-0.2, -0.15) is 0 Å². The minimum Gasteiger partial charge on any atom is -0.376 e. The Labute approximate surface area is 200 Å². The van der Waals surface area contributed by atoms with Crippen LogP contribution in [-0.2, 0) is 33.6 Å². The first kappa shape index (κ1) is 24.3. The van der Waals surface area contributed by atoms with Crippen LogP contribution in [0.2, 0.25) is 0 Å². The number of hydrogen-bond donors (Lipinski definition) is 0. The largest absolute Gasteiger partial charge is 0.376 e. The average molecular weight is 492 g/mol. The molecule has 2 aromatic heterocycles. The predicted molar refractivity (Wildman–Crippen MR) is 131 cm³/mol. The van der Waals surface area contributed by atoms with Crippen molar-refractivity contribution >= 4 is 32.8 Å². The second kappa shape index (κ2) is 9.77. The molecular formula is C23H33N5O3S2. The lowest BCUT2D eigenvalue weighted by atomic mass is 10.2. The number of hydrogen-bond acceptors (Lipinski definition) is 6. The van der Waals surface area contributed by atoms with E-state index in [1.807, 2.05) is 13.0 Å². The van der Waals surface area contributed by atoms with Gasteiger partial charge in [0.1, 0.15) is 5.82 Å². The third kappa shape index (κ3) is 4.84. The van der Waals surface area contributed by atoms with E-state index in [1.165, 1.54) is 10.00 Å². The lowest BCUT2D eigenvalue weighted by molar-refractivity contribution is 0.0945. The van der Waals surface area contributed by atoms with Crippen molar-refractivity contribution in [1.29, 1.82) is 0 Å². The Morgan fingerprint density at radius 1 is 1.21 bits per heavy atom. The first-order valence-corrected chi connectivity index (χ1v) is 13.8. The number of fused-ring (bicyclic) bond motifs is 1. The zero-order valence-corrected chi connectivity index (χ0v) is 21.7. The van der Waals surface area contributed by atoms with Crippen LogP contribution in [0.5, 0.6) is 0 Å². The lowest BCUT2D eigenvalue weighted by Crippen LogP contribution is -2.22. The highest BCUT2D eigenvalue weighted by atomic mass is 32.2. The topological polar surface area (TPSA) is 82.2 Å². The van der Waals surface area contributed by atoms with E-state index in [0.717, 1.165) is 61.2 Å². The molecule has 0 unspecified atom stereocenters. The van der Waals surface area contributed by atoms with Gasteiger partial charge in [-0.3, -0.25) is 0 Å². The van der Waals surface area contributed by atoms with E-state index in [0.29, 0.717) is 11.3 Å². The molecule has 1 atom stereocenters. The van der Waals surface area contributed by atoms with Crippen molar-refractivity contribution in [2.45, 2.75) is 75.0 Å². The third-order valence-corrected chi connectivity index (χ3v) is 8.97. The summed E-state index contributed by atoms with van der Waals surface area (Å²) in [6, 6.07) is 5.22. The Kier molecular flexibility index (Phi) is 7.18. The molecule has 3 heterocycles. The number of sulfonamides is 1. The fraction of sp³-hybridized carbons (Fsp3) is 0.565. The first-order valence-electron chi connectivity index (χ1n) is 11.4. The standard InChI is InChI=1S/C23H33N5O3S2/c1-6-11-27-21-10-9-19(33(29,30)26(4)5)13-20(21)25-22(27)15-32-23-24-16(2)17(3)28(23)14-18-8-7-12-31-18/h9-10,13,18H,6-8,11-12,14-15H2,1-5H3/t18-/m1/s1. The highest BCUT2D eigenvalue weighted by molar-refractivity contribution is 7.98. The summed E-state index contributed by atoms with van der Waals surface area (Å²) in [4.78, 5) is 9.91. The van der Waals surface area contributed by atoms with Crippen LogP contribution in [0.3, 0.4) is 0 Å². The number of ether oxygens (including phenoxy) is 1. The second-order valence-electron chi connectivity index (χ2n) is 8.72. The molecule has 0 N–H and O–H groups in total. The van der Waals surface area contributed by atoms with Gasteiger partial charge in [0.2, 0.25) is 10.0 Å². The molecular weight excluding hydrogens is 458 g/mol. The molecule has 1 saturated heterocycles. The van der Waals surface area contributed by atoms with Gasteiger partial charge in [0.05, 0.1) is 40.0 Å². The maximum Gasteiger partial charge on any atom is 0.242 e. The number of aryl methyl sites for hydroxylation is 2. The van der Waals surface area contributed by atoms with Crippen molar-refractivity contribution < 1.29 is 13.2 Å². The summed E-state index contributed by atoms with van der Waals surface area (Å²) in [6.07, 6.45) is 3.42.